The van der Waals surface area contributed by atoms with Crippen molar-refractivity contribution in [2.24, 2.45) is 0 Å². The number of likely N-dealkylation sites (N-methyl/N-ethyl adjacent to an activating group) is 1. The van der Waals surface area contributed by atoms with Crippen molar-refractivity contribution in [3.8, 4) is 0 Å². The zero-order chi connectivity index (χ0) is 18.0. The van der Waals surface area contributed by atoms with E-state index in [9.17, 15) is 36.0 Å². The molecule has 0 aromatic carbocycles. The molecule has 0 bridgehead atoms. The highest BCUT2D eigenvalue weighted by Crippen LogP contribution is 2.27. The molecule has 0 aromatic rings. The Hall–Kier alpha value is -1.89. The second kappa shape index (κ2) is 6.70. The van der Waals surface area contributed by atoms with Gasteiger partial charge in [0.1, 0.15) is 6.61 Å². The third kappa shape index (κ3) is 3.90. The van der Waals surface area contributed by atoms with Gasteiger partial charge in [-0.2, -0.15) is 17.2 Å². The summed E-state index contributed by atoms with van der Waals surface area (Å²) in [6, 6.07) is 0. The van der Waals surface area contributed by atoms with Gasteiger partial charge in [0.25, 0.3) is 0 Å². The Bertz CT molecular complexity index is 610. The zero-order valence-electron chi connectivity index (χ0n) is 11.7. The van der Waals surface area contributed by atoms with Crippen LogP contribution in [0.25, 0.3) is 0 Å². The minimum Gasteiger partial charge on any atom is -0.446 e. The molecule has 1 aliphatic heterocycles. The zero-order valence-corrected chi connectivity index (χ0v) is 12.6. The van der Waals surface area contributed by atoms with E-state index in [1.807, 2.05) is 0 Å². The van der Waals surface area contributed by atoms with Gasteiger partial charge in [-0.05, 0) is 6.92 Å². The van der Waals surface area contributed by atoms with Gasteiger partial charge in [-0.25, -0.2) is 14.1 Å². The van der Waals surface area contributed by atoms with Gasteiger partial charge in [0, 0.05) is 13.1 Å². The summed E-state index contributed by atoms with van der Waals surface area (Å²) in [7, 11) is -6.05. The summed E-state index contributed by atoms with van der Waals surface area (Å²) in [5.41, 5.74) is 0. The maximum absolute atomic E-state index is 13.1. The summed E-state index contributed by atoms with van der Waals surface area (Å²) in [6.45, 7) is -0.245. The number of nitrogens with zero attached hydrogens (tertiary/aromatic N) is 2. The average Bonchev–Trinajstić information content (AvgIpc) is 2.45. The molecule has 1 heterocycles. The quantitative estimate of drug-likeness (QED) is 0.523. The minimum atomic E-state index is -6.05. The molecule has 1 N–H and O–H groups in total. The van der Waals surface area contributed by atoms with Crippen LogP contribution in [0.1, 0.15) is 6.92 Å². The monoisotopic (exact) mass is 362 g/mol. The number of rotatable bonds is 5. The number of imide groups is 1. The van der Waals surface area contributed by atoms with Crippen LogP contribution in [-0.4, -0.2) is 78.3 Å². The van der Waals surface area contributed by atoms with Crippen LogP contribution in [0.15, 0.2) is 0 Å². The van der Waals surface area contributed by atoms with E-state index in [1.165, 1.54) is 0 Å². The summed E-state index contributed by atoms with van der Waals surface area (Å²) in [5.74, 6) is -2.30. The lowest BCUT2D eigenvalue weighted by Crippen LogP contribution is -2.56. The van der Waals surface area contributed by atoms with Gasteiger partial charge >= 0.3 is 33.3 Å². The average molecular weight is 362 g/mol. The molecule has 1 aliphatic rings. The number of hydrogen-bond acceptors (Lipinski definition) is 6. The summed E-state index contributed by atoms with van der Waals surface area (Å²) >= 11 is 0. The molecular weight excluding hydrogens is 349 g/mol. The van der Waals surface area contributed by atoms with Crippen molar-refractivity contribution in [1.82, 2.24) is 9.80 Å². The van der Waals surface area contributed by atoms with Crippen molar-refractivity contribution >= 4 is 28.0 Å². The Labute approximate surface area is 128 Å². The lowest BCUT2D eigenvalue weighted by molar-refractivity contribution is -0.154. The molecular formula is C10H13F3N2O7S. The lowest BCUT2D eigenvalue weighted by Gasteiger charge is -2.31. The van der Waals surface area contributed by atoms with Gasteiger partial charge in [0.05, 0.1) is 6.54 Å². The maximum Gasteiger partial charge on any atom is 0.417 e. The maximum atomic E-state index is 13.1. The van der Waals surface area contributed by atoms with Gasteiger partial charge in [0.15, 0.2) is 0 Å². The van der Waals surface area contributed by atoms with E-state index in [4.69, 9.17) is 4.55 Å². The summed E-state index contributed by atoms with van der Waals surface area (Å²) in [5, 5.41) is -5.19. The first-order chi connectivity index (χ1) is 10.4. The molecule has 1 saturated heterocycles. The van der Waals surface area contributed by atoms with Gasteiger partial charge in [-0.1, -0.05) is 0 Å². The van der Waals surface area contributed by atoms with Crippen LogP contribution < -0.4 is 0 Å². The number of carbonyl (C=O) groups excluding carboxylic acids is 3. The molecule has 23 heavy (non-hydrogen) atoms. The van der Waals surface area contributed by atoms with Crippen LogP contribution in [0, 0.1) is 0 Å². The van der Waals surface area contributed by atoms with E-state index < -0.39 is 46.1 Å². The highest BCUT2D eigenvalue weighted by atomic mass is 32.2. The molecule has 0 aromatic heterocycles. The van der Waals surface area contributed by atoms with E-state index >= 15 is 0 Å². The Balaban J connectivity index is 2.68. The van der Waals surface area contributed by atoms with Gasteiger partial charge in [0.2, 0.25) is 6.17 Å². The predicted molar refractivity (Wildman–Crippen MR) is 66.7 cm³/mol. The third-order valence-electron chi connectivity index (χ3n) is 2.97. The van der Waals surface area contributed by atoms with E-state index in [1.54, 1.807) is 6.92 Å². The number of halogens is 3. The highest BCUT2D eigenvalue weighted by Gasteiger charge is 2.53. The summed E-state index contributed by atoms with van der Waals surface area (Å²) in [4.78, 5) is 36.0. The van der Waals surface area contributed by atoms with Gasteiger partial charge in [-0.3, -0.25) is 14.1 Å². The fourth-order valence-corrected chi connectivity index (χ4v) is 2.02. The molecule has 0 aliphatic carbocycles. The van der Waals surface area contributed by atoms with Crippen molar-refractivity contribution in [3.63, 3.8) is 0 Å². The Morgan fingerprint density at radius 2 is 1.91 bits per heavy atom. The molecule has 0 saturated carbocycles. The molecule has 1 fully saturated rings. The molecule has 1 rings (SSSR count). The van der Waals surface area contributed by atoms with E-state index in [0.29, 0.717) is 0 Å². The Morgan fingerprint density at radius 1 is 1.35 bits per heavy atom. The van der Waals surface area contributed by atoms with E-state index in [0.717, 1.165) is 4.90 Å². The Kier molecular flexibility index (Phi) is 5.58. The molecule has 0 radical (unpaired) electrons. The standard InChI is InChI=1S/C10H13F3N2O7S/c1-2-14-3-4-15(8(17)7(14)16)9(18)22-5-6(11)10(12,13)23(19,20)21/h6H,2-5H2,1H3,(H,19,20,21). The summed E-state index contributed by atoms with van der Waals surface area (Å²) in [6.07, 6.45) is -5.13. The van der Waals surface area contributed by atoms with Crippen molar-refractivity contribution in [1.29, 1.82) is 0 Å². The molecule has 132 valence electrons. The first-order valence-corrected chi connectivity index (χ1v) is 7.63. The molecule has 1 atom stereocenters. The van der Waals surface area contributed by atoms with Crippen LogP contribution in [0.4, 0.5) is 18.0 Å². The minimum absolute atomic E-state index is 0.0175. The van der Waals surface area contributed by atoms with Crippen molar-refractivity contribution < 1.29 is 45.3 Å². The van der Waals surface area contributed by atoms with Crippen LogP contribution >= 0.6 is 0 Å². The van der Waals surface area contributed by atoms with Crippen molar-refractivity contribution in [2.45, 2.75) is 18.3 Å². The second-order valence-electron chi connectivity index (χ2n) is 4.42. The van der Waals surface area contributed by atoms with Crippen LogP contribution in [0.2, 0.25) is 0 Å². The topological polar surface area (TPSA) is 121 Å². The Morgan fingerprint density at radius 3 is 2.39 bits per heavy atom. The van der Waals surface area contributed by atoms with Gasteiger partial charge < -0.3 is 9.64 Å². The fraction of sp³-hybridized carbons (Fsp3) is 0.700. The number of alkyl halides is 3. The van der Waals surface area contributed by atoms with Crippen LogP contribution in [-0.2, 0) is 24.4 Å². The summed E-state index contributed by atoms with van der Waals surface area (Å²) < 4.78 is 71.9. The van der Waals surface area contributed by atoms with E-state index in [2.05, 4.69) is 4.74 Å². The molecule has 13 heteroatoms. The number of piperazine rings is 1. The van der Waals surface area contributed by atoms with E-state index in [-0.39, 0.29) is 24.5 Å². The van der Waals surface area contributed by atoms with Crippen molar-refractivity contribution in [3.05, 3.63) is 0 Å². The van der Waals surface area contributed by atoms with Crippen molar-refractivity contribution in [2.75, 3.05) is 26.2 Å². The number of amides is 3. The smallest absolute Gasteiger partial charge is 0.417 e. The molecule has 9 nitrogen and oxygen atoms in total. The predicted octanol–water partition coefficient (Wildman–Crippen LogP) is -0.368. The lowest BCUT2D eigenvalue weighted by atomic mass is 10.3. The molecule has 1 unspecified atom stereocenters. The fourth-order valence-electron chi connectivity index (χ4n) is 1.63. The third-order valence-corrected chi connectivity index (χ3v) is 3.92. The number of carbonyl (C=O) groups is 3. The molecule has 3 amide bonds. The first-order valence-electron chi connectivity index (χ1n) is 6.19. The first kappa shape index (κ1) is 19.2. The number of ether oxygens (including phenoxy) is 1. The second-order valence-corrected chi connectivity index (χ2v) is 5.92. The van der Waals surface area contributed by atoms with Crippen LogP contribution in [0.5, 0.6) is 0 Å². The van der Waals surface area contributed by atoms with Gasteiger partial charge in [-0.15, -0.1) is 0 Å². The van der Waals surface area contributed by atoms with Crippen LogP contribution in [0.3, 0.4) is 0 Å². The highest BCUT2D eigenvalue weighted by molar-refractivity contribution is 7.86. The largest absolute Gasteiger partial charge is 0.446 e. The SMILES string of the molecule is CCN1CCN(C(=O)OCC(F)C(F)(F)S(=O)(=O)O)C(=O)C1=O. The number of hydrogen-bond donors (Lipinski definition) is 1. The molecule has 0 spiro atoms. The normalized spacial score (nSPS) is 18.1.